The molecule has 1 aliphatic rings. The lowest BCUT2D eigenvalue weighted by Gasteiger charge is -2.26. The molecule has 160 valence electrons. The van der Waals surface area contributed by atoms with Crippen LogP contribution in [-0.2, 0) is 16.1 Å². The first-order valence-electron chi connectivity index (χ1n) is 9.82. The predicted molar refractivity (Wildman–Crippen MR) is 116 cm³/mol. The van der Waals surface area contributed by atoms with Gasteiger partial charge in [-0.3, -0.25) is 19.5 Å². The van der Waals surface area contributed by atoms with Gasteiger partial charge in [-0.25, -0.2) is 0 Å². The number of benzene rings is 2. The van der Waals surface area contributed by atoms with Crippen molar-refractivity contribution in [1.29, 1.82) is 0 Å². The Kier molecular flexibility index (Phi) is 6.58. The normalized spacial score (nSPS) is 13.9. The number of ether oxygens (including phenoxy) is 1. The zero-order chi connectivity index (χ0) is 21.6. The fourth-order valence-corrected chi connectivity index (χ4v) is 4.12. The molecule has 2 heterocycles. The first-order chi connectivity index (χ1) is 15.1. The van der Waals surface area contributed by atoms with Gasteiger partial charge in [-0.05, 0) is 17.7 Å². The Morgan fingerprint density at radius 2 is 1.77 bits per heavy atom. The second-order valence-corrected chi connectivity index (χ2v) is 7.91. The van der Waals surface area contributed by atoms with E-state index in [1.807, 2.05) is 34.9 Å². The number of aromatic nitrogens is 3. The monoisotopic (exact) mass is 439 g/mol. The number of nitro groups is 1. The van der Waals surface area contributed by atoms with Gasteiger partial charge in [0.15, 0.2) is 11.0 Å². The molecule has 2 aromatic carbocycles. The summed E-state index contributed by atoms with van der Waals surface area (Å²) in [6.45, 7) is 2.85. The van der Waals surface area contributed by atoms with Gasteiger partial charge in [0.1, 0.15) is 0 Å². The summed E-state index contributed by atoms with van der Waals surface area (Å²) in [5.74, 6) is 0.896. The molecule has 0 saturated carbocycles. The zero-order valence-corrected chi connectivity index (χ0v) is 17.5. The largest absolute Gasteiger partial charge is 0.378 e. The van der Waals surface area contributed by atoms with Crippen LogP contribution in [0, 0.1) is 10.1 Å². The number of non-ortho nitro benzene ring substituents is 1. The average molecular weight is 439 g/mol. The van der Waals surface area contributed by atoms with E-state index in [2.05, 4.69) is 10.2 Å². The van der Waals surface area contributed by atoms with Crippen molar-refractivity contribution in [2.24, 2.45) is 0 Å². The topological polar surface area (TPSA) is 103 Å². The third-order valence-electron chi connectivity index (χ3n) is 4.93. The van der Waals surface area contributed by atoms with Gasteiger partial charge in [0, 0.05) is 30.8 Å². The second kappa shape index (κ2) is 9.71. The predicted octanol–water partition coefficient (Wildman–Crippen LogP) is 2.85. The Labute approximate surface area is 183 Å². The SMILES string of the molecule is O=C(CSc1nnc(-c2ccc([N+](=O)[O-])cc2)n1Cc1ccccc1)N1CCOCC1. The summed E-state index contributed by atoms with van der Waals surface area (Å²) in [4.78, 5) is 24.9. The van der Waals surface area contributed by atoms with Crippen LogP contribution in [0.4, 0.5) is 5.69 Å². The highest BCUT2D eigenvalue weighted by atomic mass is 32.2. The number of carbonyl (C=O) groups excluding carboxylic acids is 1. The maximum absolute atomic E-state index is 12.5. The quantitative estimate of drug-likeness (QED) is 0.317. The Morgan fingerprint density at radius 1 is 1.06 bits per heavy atom. The van der Waals surface area contributed by atoms with E-state index in [0.29, 0.717) is 43.8 Å². The standard InChI is InChI=1S/C21H21N5O4S/c27-19(24-10-12-30-13-11-24)15-31-21-23-22-20(17-6-8-18(9-7-17)26(28)29)25(21)14-16-4-2-1-3-5-16/h1-9H,10-15H2. The van der Waals surface area contributed by atoms with E-state index in [0.717, 1.165) is 11.1 Å². The molecule has 0 bridgehead atoms. The minimum Gasteiger partial charge on any atom is -0.378 e. The summed E-state index contributed by atoms with van der Waals surface area (Å²) in [5, 5.41) is 20.2. The molecule has 0 aliphatic carbocycles. The highest BCUT2D eigenvalue weighted by Gasteiger charge is 2.20. The smallest absolute Gasteiger partial charge is 0.269 e. The van der Waals surface area contributed by atoms with Crippen LogP contribution in [0.25, 0.3) is 11.4 Å². The minimum absolute atomic E-state index is 0.0172. The van der Waals surface area contributed by atoms with Gasteiger partial charge in [0.05, 0.1) is 30.4 Å². The fraction of sp³-hybridized carbons (Fsp3) is 0.286. The highest BCUT2D eigenvalue weighted by Crippen LogP contribution is 2.27. The van der Waals surface area contributed by atoms with Crippen molar-refractivity contribution >= 4 is 23.4 Å². The summed E-state index contributed by atoms with van der Waals surface area (Å²) in [7, 11) is 0. The van der Waals surface area contributed by atoms with Crippen LogP contribution in [0.5, 0.6) is 0 Å². The van der Waals surface area contributed by atoms with Crippen molar-refractivity contribution in [3.05, 3.63) is 70.3 Å². The first-order valence-corrected chi connectivity index (χ1v) is 10.8. The summed E-state index contributed by atoms with van der Waals surface area (Å²) in [6.07, 6.45) is 0. The van der Waals surface area contributed by atoms with Crippen molar-refractivity contribution in [3.8, 4) is 11.4 Å². The number of carbonyl (C=O) groups is 1. The summed E-state index contributed by atoms with van der Waals surface area (Å²) < 4.78 is 7.24. The van der Waals surface area contributed by atoms with E-state index in [1.165, 1.54) is 23.9 Å². The molecule has 3 aromatic rings. The summed E-state index contributed by atoms with van der Waals surface area (Å²) >= 11 is 1.34. The number of morpholine rings is 1. The molecule has 0 spiro atoms. The molecule has 0 atom stereocenters. The van der Waals surface area contributed by atoms with Crippen LogP contribution >= 0.6 is 11.8 Å². The van der Waals surface area contributed by atoms with Crippen LogP contribution in [0.1, 0.15) is 5.56 Å². The molecule has 1 aromatic heterocycles. The Hall–Kier alpha value is -3.24. The van der Waals surface area contributed by atoms with E-state index < -0.39 is 4.92 Å². The van der Waals surface area contributed by atoms with Gasteiger partial charge in [-0.2, -0.15) is 0 Å². The summed E-state index contributed by atoms with van der Waals surface area (Å²) in [6, 6.07) is 16.1. The van der Waals surface area contributed by atoms with Gasteiger partial charge in [0.25, 0.3) is 5.69 Å². The molecule has 0 radical (unpaired) electrons. The first kappa shape index (κ1) is 21.0. The molecule has 1 saturated heterocycles. The van der Waals surface area contributed by atoms with Gasteiger partial charge in [-0.15, -0.1) is 10.2 Å². The third kappa shape index (κ3) is 5.09. The molecule has 9 nitrogen and oxygen atoms in total. The number of nitro benzene ring substituents is 1. The van der Waals surface area contributed by atoms with Crippen molar-refractivity contribution in [3.63, 3.8) is 0 Å². The molecule has 1 fully saturated rings. The van der Waals surface area contributed by atoms with E-state index in [4.69, 9.17) is 4.74 Å². The van der Waals surface area contributed by atoms with E-state index in [9.17, 15) is 14.9 Å². The number of nitrogens with zero attached hydrogens (tertiary/aromatic N) is 5. The van der Waals surface area contributed by atoms with E-state index in [-0.39, 0.29) is 17.3 Å². The number of hydrogen-bond donors (Lipinski definition) is 0. The lowest BCUT2D eigenvalue weighted by molar-refractivity contribution is -0.384. The molecule has 4 rings (SSSR count). The van der Waals surface area contributed by atoms with Crippen molar-refractivity contribution in [2.75, 3.05) is 32.1 Å². The molecule has 31 heavy (non-hydrogen) atoms. The molecular formula is C21H21N5O4S. The molecule has 1 aliphatic heterocycles. The molecule has 0 unspecified atom stereocenters. The lowest BCUT2D eigenvalue weighted by Crippen LogP contribution is -2.41. The Bertz CT molecular complexity index is 1050. The highest BCUT2D eigenvalue weighted by molar-refractivity contribution is 7.99. The van der Waals surface area contributed by atoms with Crippen molar-refractivity contribution < 1.29 is 14.5 Å². The van der Waals surface area contributed by atoms with Crippen molar-refractivity contribution in [1.82, 2.24) is 19.7 Å². The van der Waals surface area contributed by atoms with Crippen LogP contribution in [0.3, 0.4) is 0 Å². The average Bonchev–Trinajstić information content (AvgIpc) is 3.21. The molecule has 0 N–H and O–H groups in total. The van der Waals surface area contributed by atoms with E-state index >= 15 is 0 Å². The van der Waals surface area contributed by atoms with Crippen LogP contribution in [-0.4, -0.2) is 62.6 Å². The number of rotatable bonds is 7. The van der Waals surface area contributed by atoms with Crippen LogP contribution in [0.2, 0.25) is 0 Å². The van der Waals surface area contributed by atoms with E-state index in [1.54, 1.807) is 17.0 Å². The van der Waals surface area contributed by atoms with Crippen LogP contribution in [0.15, 0.2) is 59.8 Å². The number of hydrogen-bond acceptors (Lipinski definition) is 7. The minimum atomic E-state index is -0.434. The maximum atomic E-state index is 12.5. The zero-order valence-electron chi connectivity index (χ0n) is 16.7. The Balaban J connectivity index is 1.58. The van der Waals surface area contributed by atoms with Crippen LogP contribution < -0.4 is 0 Å². The second-order valence-electron chi connectivity index (χ2n) is 6.96. The third-order valence-corrected chi connectivity index (χ3v) is 5.88. The maximum Gasteiger partial charge on any atom is 0.269 e. The summed E-state index contributed by atoms with van der Waals surface area (Å²) in [5.41, 5.74) is 1.80. The van der Waals surface area contributed by atoms with Gasteiger partial charge in [-0.1, -0.05) is 42.1 Å². The number of thioether (sulfide) groups is 1. The molecule has 1 amide bonds. The molecular weight excluding hydrogens is 418 g/mol. The Morgan fingerprint density at radius 3 is 2.45 bits per heavy atom. The number of amides is 1. The lowest BCUT2D eigenvalue weighted by atomic mass is 10.2. The van der Waals surface area contributed by atoms with Gasteiger partial charge in [0.2, 0.25) is 5.91 Å². The molecule has 10 heteroatoms. The van der Waals surface area contributed by atoms with Crippen molar-refractivity contribution in [2.45, 2.75) is 11.7 Å². The fourth-order valence-electron chi connectivity index (χ4n) is 3.28. The van der Waals surface area contributed by atoms with Gasteiger partial charge >= 0.3 is 0 Å². The van der Waals surface area contributed by atoms with Gasteiger partial charge < -0.3 is 9.64 Å².